The summed E-state index contributed by atoms with van der Waals surface area (Å²) in [5.74, 6) is 0.291. The van der Waals surface area contributed by atoms with Crippen LogP contribution < -0.4 is 4.74 Å². The predicted molar refractivity (Wildman–Crippen MR) is 69.3 cm³/mol. The molecule has 0 aliphatic rings. The van der Waals surface area contributed by atoms with Crippen LogP contribution in [0.2, 0.25) is 0 Å². The van der Waals surface area contributed by atoms with Crippen molar-refractivity contribution in [2.24, 2.45) is 5.92 Å². The van der Waals surface area contributed by atoms with E-state index in [9.17, 15) is 4.79 Å². The highest BCUT2D eigenvalue weighted by Gasteiger charge is 2.06. The fourth-order valence-corrected chi connectivity index (χ4v) is 1.47. The molecule has 1 aromatic carbocycles. The van der Waals surface area contributed by atoms with Gasteiger partial charge in [0.05, 0.1) is 12.2 Å². The molecule has 0 heterocycles. The molecular weight excluding hydrogens is 232 g/mol. The number of aryl methyl sites for hydroxylation is 1. The number of carbonyl (C=O) groups is 1. The Labute approximate surface area is 108 Å². The molecule has 0 unspecified atom stereocenters. The van der Waals surface area contributed by atoms with E-state index in [1.807, 2.05) is 6.92 Å². The number of rotatable bonds is 7. The van der Waals surface area contributed by atoms with E-state index in [4.69, 9.17) is 14.6 Å². The van der Waals surface area contributed by atoms with Crippen molar-refractivity contribution >= 4 is 5.97 Å². The molecule has 1 aromatic rings. The Morgan fingerprint density at radius 1 is 1.33 bits per heavy atom. The number of hydrogen-bond donors (Lipinski definition) is 1. The van der Waals surface area contributed by atoms with Gasteiger partial charge in [0.2, 0.25) is 0 Å². The van der Waals surface area contributed by atoms with E-state index in [1.165, 1.54) is 0 Å². The normalized spacial score (nSPS) is 10.7. The fourth-order valence-electron chi connectivity index (χ4n) is 1.47. The molecule has 4 heteroatoms. The summed E-state index contributed by atoms with van der Waals surface area (Å²) in [5, 5.41) is 8.84. The first kappa shape index (κ1) is 14.5. The zero-order valence-corrected chi connectivity index (χ0v) is 11.1. The average Bonchev–Trinajstić information content (AvgIpc) is 2.29. The van der Waals surface area contributed by atoms with Gasteiger partial charge in [-0.05, 0) is 36.6 Å². The Bertz CT molecular complexity index is 399. The van der Waals surface area contributed by atoms with Gasteiger partial charge < -0.3 is 14.6 Å². The van der Waals surface area contributed by atoms with Gasteiger partial charge in [-0.2, -0.15) is 0 Å². The Balaban J connectivity index is 2.41. The van der Waals surface area contributed by atoms with Gasteiger partial charge in [0.25, 0.3) is 0 Å². The zero-order chi connectivity index (χ0) is 13.5. The highest BCUT2D eigenvalue weighted by Crippen LogP contribution is 2.19. The summed E-state index contributed by atoms with van der Waals surface area (Å²) in [6, 6.07) is 4.83. The molecule has 0 aliphatic heterocycles. The van der Waals surface area contributed by atoms with Gasteiger partial charge in [-0.15, -0.1) is 0 Å². The van der Waals surface area contributed by atoms with E-state index in [1.54, 1.807) is 18.2 Å². The van der Waals surface area contributed by atoms with Crippen LogP contribution in [0.3, 0.4) is 0 Å². The molecule has 0 radical (unpaired) electrons. The average molecular weight is 252 g/mol. The Kier molecular flexibility index (Phi) is 5.65. The van der Waals surface area contributed by atoms with Gasteiger partial charge in [0.1, 0.15) is 12.4 Å². The van der Waals surface area contributed by atoms with Crippen molar-refractivity contribution in [3.05, 3.63) is 29.3 Å². The van der Waals surface area contributed by atoms with E-state index in [-0.39, 0.29) is 5.56 Å². The lowest BCUT2D eigenvalue weighted by atomic mass is 10.1. The minimum atomic E-state index is -0.926. The van der Waals surface area contributed by atoms with E-state index in [0.29, 0.717) is 24.9 Å². The molecule has 18 heavy (non-hydrogen) atoms. The van der Waals surface area contributed by atoms with E-state index in [0.717, 1.165) is 12.2 Å². The molecule has 1 N–H and O–H groups in total. The lowest BCUT2D eigenvalue weighted by Crippen LogP contribution is -2.10. The van der Waals surface area contributed by atoms with Crippen molar-refractivity contribution in [3.8, 4) is 5.75 Å². The van der Waals surface area contributed by atoms with Crippen LogP contribution in [-0.4, -0.2) is 30.9 Å². The SMILES string of the molecule is Cc1cc(C(=O)O)ccc1OCCOCC(C)C. The molecule has 0 saturated heterocycles. The number of carboxylic acid groups (broad SMARTS) is 1. The van der Waals surface area contributed by atoms with Gasteiger partial charge in [-0.25, -0.2) is 4.79 Å². The maximum Gasteiger partial charge on any atom is 0.335 e. The summed E-state index contributed by atoms with van der Waals surface area (Å²) >= 11 is 0. The molecule has 0 aliphatic carbocycles. The minimum Gasteiger partial charge on any atom is -0.491 e. The second kappa shape index (κ2) is 7.01. The largest absolute Gasteiger partial charge is 0.491 e. The maximum atomic E-state index is 10.8. The fraction of sp³-hybridized carbons (Fsp3) is 0.500. The summed E-state index contributed by atoms with van der Waals surface area (Å²) in [6.45, 7) is 7.75. The van der Waals surface area contributed by atoms with Crippen molar-refractivity contribution in [1.82, 2.24) is 0 Å². The van der Waals surface area contributed by atoms with Gasteiger partial charge >= 0.3 is 5.97 Å². The monoisotopic (exact) mass is 252 g/mol. The van der Waals surface area contributed by atoms with Gasteiger partial charge in [-0.3, -0.25) is 0 Å². The van der Waals surface area contributed by atoms with Crippen LogP contribution in [0, 0.1) is 12.8 Å². The molecule has 100 valence electrons. The number of carboxylic acids is 1. The zero-order valence-electron chi connectivity index (χ0n) is 11.1. The molecule has 0 amide bonds. The first-order chi connectivity index (χ1) is 8.50. The lowest BCUT2D eigenvalue weighted by Gasteiger charge is -2.11. The van der Waals surface area contributed by atoms with Gasteiger partial charge in [0.15, 0.2) is 0 Å². The van der Waals surface area contributed by atoms with Crippen LogP contribution in [0.5, 0.6) is 5.75 Å². The number of ether oxygens (including phenoxy) is 2. The third kappa shape index (κ3) is 4.75. The third-order valence-electron chi connectivity index (χ3n) is 2.36. The summed E-state index contributed by atoms with van der Waals surface area (Å²) in [7, 11) is 0. The second-order valence-electron chi connectivity index (χ2n) is 4.60. The van der Waals surface area contributed by atoms with E-state index < -0.39 is 5.97 Å². The van der Waals surface area contributed by atoms with Crippen LogP contribution >= 0.6 is 0 Å². The van der Waals surface area contributed by atoms with Crippen LogP contribution in [0.4, 0.5) is 0 Å². The van der Waals surface area contributed by atoms with Crippen molar-refractivity contribution in [2.45, 2.75) is 20.8 Å². The quantitative estimate of drug-likeness (QED) is 0.758. The number of hydrogen-bond acceptors (Lipinski definition) is 3. The van der Waals surface area contributed by atoms with Crippen LogP contribution in [0.1, 0.15) is 29.8 Å². The summed E-state index contributed by atoms with van der Waals surface area (Å²) < 4.78 is 10.9. The Morgan fingerprint density at radius 3 is 2.61 bits per heavy atom. The predicted octanol–water partition coefficient (Wildman–Crippen LogP) is 2.74. The first-order valence-corrected chi connectivity index (χ1v) is 6.05. The number of aromatic carboxylic acids is 1. The summed E-state index contributed by atoms with van der Waals surface area (Å²) in [5.41, 5.74) is 1.09. The van der Waals surface area contributed by atoms with Gasteiger partial charge in [-0.1, -0.05) is 13.8 Å². The molecule has 0 saturated carbocycles. The summed E-state index contributed by atoms with van der Waals surface area (Å²) in [6.07, 6.45) is 0. The highest BCUT2D eigenvalue weighted by atomic mass is 16.5. The molecular formula is C14H20O4. The van der Waals surface area contributed by atoms with Crippen molar-refractivity contribution < 1.29 is 19.4 Å². The third-order valence-corrected chi connectivity index (χ3v) is 2.36. The molecule has 0 atom stereocenters. The van der Waals surface area contributed by atoms with Crippen LogP contribution in [0.25, 0.3) is 0 Å². The molecule has 0 fully saturated rings. The maximum absolute atomic E-state index is 10.8. The first-order valence-electron chi connectivity index (χ1n) is 6.05. The molecule has 0 bridgehead atoms. The standard InChI is InChI=1S/C14H20O4/c1-10(2)9-17-6-7-18-13-5-4-12(14(15)16)8-11(13)3/h4-5,8,10H,6-7,9H2,1-3H3,(H,15,16). The minimum absolute atomic E-state index is 0.274. The topological polar surface area (TPSA) is 55.8 Å². The van der Waals surface area contributed by atoms with Crippen LogP contribution in [0.15, 0.2) is 18.2 Å². The van der Waals surface area contributed by atoms with E-state index >= 15 is 0 Å². The van der Waals surface area contributed by atoms with Crippen LogP contribution in [-0.2, 0) is 4.74 Å². The molecule has 1 rings (SSSR count). The highest BCUT2D eigenvalue weighted by molar-refractivity contribution is 5.88. The molecule has 0 aromatic heterocycles. The lowest BCUT2D eigenvalue weighted by molar-refractivity contribution is 0.0696. The molecule has 0 spiro atoms. The Morgan fingerprint density at radius 2 is 2.06 bits per heavy atom. The molecule has 4 nitrogen and oxygen atoms in total. The van der Waals surface area contributed by atoms with Gasteiger partial charge in [0, 0.05) is 6.61 Å². The van der Waals surface area contributed by atoms with Crippen molar-refractivity contribution in [1.29, 1.82) is 0 Å². The van der Waals surface area contributed by atoms with Crippen molar-refractivity contribution in [2.75, 3.05) is 19.8 Å². The van der Waals surface area contributed by atoms with E-state index in [2.05, 4.69) is 13.8 Å². The number of benzene rings is 1. The summed E-state index contributed by atoms with van der Waals surface area (Å²) in [4.78, 5) is 10.8. The second-order valence-corrected chi connectivity index (χ2v) is 4.60. The Hall–Kier alpha value is -1.55. The smallest absolute Gasteiger partial charge is 0.335 e. The van der Waals surface area contributed by atoms with Crippen molar-refractivity contribution in [3.63, 3.8) is 0 Å².